The average Bonchev–Trinajstić information content (AvgIpc) is 2.97. The van der Waals surface area contributed by atoms with Gasteiger partial charge in [0.25, 0.3) is 0 Å². The minimum atomic E-state index is -0.316. The van der Waals surface area contributed by atoms with Gasteiger partial charge in [-0.1, -0.05) is 6.07 Å². The molecule has 1 aromatic rings. The fraction of sp³-hybridized carbons (Fsp3) is 0.688. The van der Waals surface area contributed by atoms with E-state index in [1.54, 1.807) is 0 Å². The molecule has 0 aromatic carbocycles. The van der Waals surface area contributed by atoms with E-state index in [4.69, 9.17) is 9.31 Å². The second-order valence-corrected chi connectivity index (χ2v) is 7.15. The van der Waals surface area contributed by atoms with E-state index in [1.807, 2.05) is 6.20 Å². The van der Waals surface area contributed by atoms with Gasteiger partial charge < -0.3 is 9.31 Å². The molecule has 0 saturated carbocycles. The lowest BCUT2D eigenvalue weighted by molar-refractivity contribution is 0.00578. The van der Waals surface area contributed by atoms with Crippen LogP contribution in [0.15, 0.2) is 18.3 Å². The van der Waals surface area contributed by atoms with Crippen LogP contribution in [-0.4, -0.2) is 41.3 Å². The first-order chi connectivity index (χ1) is 9.87. The highest BCUT2D eigenvalue weighted by atomic mass is 16.7. The third-order valence-corrected chi connectivity index (χ3v) is 4.96. The molecule has 0 aliphatic carbocycles. The number of nitrogens with zero attached hydrogens (tertiary/aromatic N) is 2. The molecule has 2 aliphatic rings. The number of rotatable bonds is 3. The van der Waals surface area contributed by atoms with E-state index in [1.165, 1.54) is 25.9 Å². The number of likely N-dealkylation sites (tertiary alicyclic amines) is 1. The summed E-state index contributed by atoms with van der Waals surface area (Å²) in [4.78, 5) is 7.04. The van der Waals surface area contributed by atoms with Gasteiger partial charge in [-0.25, -0.2) is 0 Å². The molecule has 3 rings (SSSR count). The number of hydrogen-bond acceptors (Lipinski definition) is 4. The van der Waals surface area contributed by atoms with Crippen molar-refractivity contribution in [3.8, 4) is 0 Å². The van der Waals surface area contributed by atoms with Crippen molar-refractivity contribution >= 4 is 12.6 Å². The Morgan fingerprint density at radius 3 is 2.24 bits per heavy atom. The third kappa shape index (κ3) is 3.00. The van der Waals surface area contributed by atoms with Gasteiger partial charge in [-0.3, -0.25) is 9.88 Å². The van der Waals surface area contributed by atoms with E-state index in [-0.39, 0.29) is 18.3 Å². The Morgan fingerprint density at radius 2 is 1.71 bits per heavy atom. The van der Waals surface area contributed by atoms with Crippen LogP contribution in [0.4, 0.5) is 0 Å². The summed E-state index contributed by atoms with van der Waals surface area (Å²) < 4.78 is 12.1. The molecule has 3 heterocycles. The summed E-state index contributed by atoms with van der Waals surface area (Å²) in [5.41, 5.74) is 1.52. The minimum absolute atomic E-state index is 0.300. The van der Waals surface area contributed by atoms with Gasteiger partial charge in [0.05, 0.1) is 16.9 Å². The zero-order valence-corrected chi connectivity index (χ0v) is 13.6. The monoisotopic (exact) mass is 288 g/mol. The smallest absolute Gasteiger partial charge is 0.399 e. The molecule has 0 amide bonds. The molecule has 0 N–H and O–H groups in total. The van der Waals surface area contributed by atoms with Gasteiger partial charge in [-0.2, -0.15) is 0 Å². The van der Waals surface area contributed by atoms with Gasteiger partial charge in [-0.15, -0.1) is 0 Å². The van der Waals surface area contributed by atoms with E-state index in [9.17, 15) is 0 Å². The van der Waals surface area contributed by atoms with Gasteiger partial charge in [0.15, 0.2) is 0 Å². The van der Waals surface area contributed by atoms with Crippen LogP contribution in [0.3, 0.4) is 0 Å². The summed E-state index contributed by atoms with van der Waals surface area (Å²) in [6, 6.07) is 4.18. The first kappa shape index (κ1) is 15.0. The molecule has 1 aromatic heterocycles. The maximum absolute atomic E-state index is 6.05. The highest BCUT2D eigenvalue weighted by molar-refractivity contribution is 6.62. The van der Waals surface area contributed by atoms with E-state index in [2.05, 4.69) is 49.7 Å². The standard InChI is InChI=1S/C16H25BN2O2/c1-15(2)16(3,4)21-17(20-15)13-7-8-14(18-11-13)12-19-9-5-6-10-19/h7-8,11H,5-6,9-10,12H2,1-4H3. The van der Waals surface area contributed by atoms with Crippen LogP contribution in [0, 0.1) is 0 Å². The fourth-order valence-corrected chi connectivity index (χ4v) is 2.82. The molecule has 2 fully saturated rings. The number of pyridine rings is 1. The Kier molecular flexibility index (Phi) is 3.84. The normalized spacial score (nSPS) is 24.7. The fourth-order valence-electron chi connectivity index (χ4n) is 2.82. The van der Waals surface area contributed by atoms with Gasteiger partial charge in [0.2, 0.25) is 0 Å². The summed E-state index contributed by atoms with van der Waals surface area (Å²) in [7, 11) is -0.316. The molecule has 21 heavy (non-hydrogen) atoms. The van der Waals surface area contributed by atoms with Crippen LogP contribution < -0.4 is 5.46 Å². The van der Waals surface area contributed by atoms with Gasteiger partial charge >= 0.3 is 7.12 Å². The van der Waals surface area contributed by atoms with Crippen molar-refractivity contribution in [2.24, 2.45) is 0 Å². The molecular weight excluding hydrogens is 263 g/mol. The van der Waals surface area contributed by atoms with Crippen molar-refractivity contribution in [2.45, 2.75) is 58.3 Å². The van der Waals surface area contributed by atoms with Crippen molar-refractivity contribution in [3.63, 3.8) is 0 Å². The molecule has 0 spiro atoms. The lowest BCUT2D eigenvalue weighted by Crippen LogP contribution is -2.41. The maximum Gasteiger partial charge on any atom is 0.496 e. The summed E-state index contributed by atoms with van der Waals surface area (Å²) >= 11 is 0. The Balaban J connectivity index is 1.67. The topological polar surface area (TPSA) is 34.6 Å². The van der Waals surface area contributed by atoms with Crippen LogP contribution in [0.1, 0.15) is 46.2 Å². The zero-order chi connectivity index (χ0) is 15.1. The highest BCUT2D eigenvalue weighted by Crippen LogP contribution is 2.36. The summed E-state index contributed by atoms with van der Waals surface area (Å²) in [6.07, 6.45) is 4.52. The molecule has 0 bridgehead atoms. The minimum Gasteiger partial charge on any atom is -0.399 e. The second kappa shape index (κ2) is 5.38. The molecule has 5 heteroatoms. The maximum atomic E-state index is 6.05. The van der Waals surface area contributed by atoms with Gasteiger partial charge in [0.1, 0.15) is 0 Å². The number of hydrogen-bond donors (Lipinski definition) is 0. The first-order valence-corrected chi connectivity index (χ1v) is 7.90. The van der Waals surface area contributed by atoms with Crippen LogP contribution >= 0.6 is 0 Å². The molecule has 0 unspecified atom stereocenters. The highest BCUT2D eigenvalue weighted by Gasteiger charge is 2.51. The first-order valence-electron chi connectivity index (χ1n) is 7.90. The van der Waals surface area contributed by atoms with E-state index in [0.29, 0.717) is 0 Å². The molecule has 2 aliphatic heterocycles. The lowest BCUT2D eigenvalue weighted by atomic mass is 9.80. The van der Waals surface area contributed by atoms with Gasteiger partial charge in [0, 0.05) is 18.2 Å². The van der Waals surface area contributed by atoms with Crippen molar-refractivity contribution < 1.29 is 9.31 Å². The van der Waals surface area contributed by atoms with Crippen LogP contribution in [0.25, 0.3) is 0 Å². The largest absolute Gasteiger partial charge is 0.496 e. The predicted octanol–water partition coefficient (Wildman–Crippen LogP) is 1.98. The van der Waals surface area contributed by atoms with Crippen molar-refractivity contribution in [1.82, 2.24) is 9.88 Å². The SMILES string of the molecule is CC1(C)OB(c2ccc(CN3CCCC3)nc2)OC1(C)C. The Morgan fingerprint density at radius 1 is 1.10 bits per heavy atom. The average molecular weight is 288 g/mol. The van der Waals surface area contributed by atoms with Crippen LogP contribution in [0.5, 0.6) is 0 Å². The molecular formula is C16H25BN2O2. The number of aromatic nitrogens is 1. The van der Waals surface area contributed by atoms with Crippen molar-refractivity contribution in [1.29, 1.82) is 0 Å². The Hall–Kier alpha value is -0.905. The van der Waals surface area contributed by atoms with E-state index >= 15 is 0 Å². The summed E-state index contributed by atoms with van der Waals surface area (Å²) in [5.74, 6) is 0. The van der Waals surface area contributed by atoms with E-state index in [0.717, 1.165) is 17.7 Å². The molecule has 0 radical (unpaired) electrons. The predicted molar refractivity (Wildman–Crippen MR) is 84.5 cm³/mol. The summed E-state index contributed by atoms with van der Waals surface area (Å²) in [6.45, 7) is 11.6. The van der Waals surface area contributed by atoms with E-state index < -0.39 is 0 Å². The second-order valence-electron chi connectivity index (χ2n) is 7.15. The molecule has 0 atom stereocenters. The van der Waals surface area contributed by atoms with Crippen molar-refractivity contribution in [3.05, 3.63) is 24.0 Å². The van der Waals surface area contributed by atoms with Crippen LogP contribution in [0.2, 0.25) is 0 Å². The summed E-state index contributed by atoms with van der Waals surface area (Å²) in [5, 5.41) is 0. The van der Waals surface area contributed by atoms with Gasteiger partial charge in [-0.05, 0) is 59.7 Å². The lowest BCUT2D eigenvalue weighted by Gasteiger charge is -2.32. The Bertz CT molecular complexity index is 480. The molecule has 2 saturated heterocycles. The van der Waals surface area contributed by atoms with Crippen molar-refractivity contribution in [2.75, 3.05) is 13.1 Å². The van der Waals surface area contributed by atoms with Crippen LogP contribution in [-0.2, 0) is 15.9 Å². The third-order valence-electron chi connectivity index (χ3n) is 4.96. The Labute approximate surface area is 128 Å². The zero-order valence-electron chi connectivity index (χ0n) is 13.6. The quantitative estimate of drug-likeness (QED) is 0.797. The molecule has 114 valence electrons. The molecule has 4 nitrogen and oxygen atoms in total.